The minimum atomic E-state index is 1.05. The van der Waals surface area contributed by atoms with Crippen molar-refractivity contribution in [1.82, 2.24) is 0 Å². The van der Waals surface area contributed by atoms with Gasteiger partial charge in [-0.25, -0.2) is 0 Å². The Morgan fingerprint density at radius 2 is 1.50 bits per heavy atom. The minimum absolute atomic E-state index is 1.05. The molecule has 0 aromatic heterocycles. The van der Waals surface area contributed by atoms with E-state index in [9.17, 15) is 0 Å². The summed E-state index contributed by atoms with van der Waals surface area (Å²) in [4.78, 5) is 0. The average molecular weight is 190 g/mol. The fourth-order valence-electron chi connectivity index (χ4n) is 2.57. The maximum atomic E-state index is 2.16. The number of hydrogen-bond donors (Lipinski definition) is 0. The molecule has 0 N–H and O–H groups in total. The summed E-state index contributed by atoms with van der Waals surface area (Å²) in [5.41, 5.74) is 0. The largest absolute Gasteiger partial charge is 0.0776 e. The normalized spacial score (nSPS) is 57.6. The van der Waals surface area contributed by atoms with E-state index in [0.29, 0.717) is 0 Å². The van der Waals surface area contributed by atoms with E-state index in [4.69, 9.17) is 0 Å². The van der Waals surface area contributed by atoms with Gasteiger partial charge >= 0.3 is 0 Å². The molecule has 0 nitrogen and oxygen atoms in total. The standard InChI is InChI=1S/C7H10S3/c1-2-5-3-4(1)6-7(5)9-10-8-6/h4-7H,1-3H2/t4-,5+,6+,7-. The Labute approximate surface area is 73.1 Å². The third kappa shape index (κ3) is 0.745. The molecule has 1 aliphatic heterocycles. The maximum Gasteiger partial charge on any atom is 0.0318 e. The van der Waals surface area contributed by atoms with Crippen LogP contribution in [0.4, 0.5) is 0 Å². The molecule has 2 bridgehead atoms. The highest BCUT2D eigenvalue weighted by molar-refractivity contribution is 9.11. The van der Waals surface area contributed by atoms with Crippen LogP contribution in [0.15, 0.2) is 0 Å². The Morgan fingerprint density at radius 1 is 0.900 bits per heavy atom. The number of hydrogen-bond acceptors (Lipinski definition) is 3. The zero-order valence-corrected chi connectivity index (χ0v) is 8.10. The molecule has 0 radical (unpaired) electrons. The third-order valence-electron chi connectivity index (χ3n) is 3.07. The summed E-state index contributed by atoms with van der Waals surface area (Å²) in [6.45, 7) is 0. The van der Waals surface area contributed by atoms with Crippen molar-refractivity contribution in [3.05, 3.63) is 0 Å². The van der Waals surface area contributed by atoms with Crippen molar-refractivity contribution in [3.63, 3.8) is 0 Å². The van der Waals surface area contributed by atoms with Crippen LogP contribution < -0.4 is 0 Å². The zero-order chi connectivity index (χ0) is 6.55. The number of rotatable bonds is 0. The summed E-state index contributed by atoms with van der Waals surface area (Å²) in [6.07, 6.45) is 4.65. The summed E-state index contributed by atoms with van der Waals surface area (Å²) < 4.78 is 0. The fraction of sp³-hybridized carbons (Fsp3) is 1.00. The van der Waals surface area contributed by atoms with E-state index in [1.54, 1.807) is 19.3 Å². The van der Waals surface area contributed by atoms with Crippen molar-refractivity contribution in [1.29, 1.82) is 0 Å². The van der Waals surface area contributed by atoms with E-state index in [-0.39, 0.29) is 0 Å². The smallest absolute Gasteiger partial charge is 0.0318 e. The van der Waals surface area contributed by atoms with E-state index in [1.807, 2.05) is 9.83 Å². The molecule has 0 aromatic carbocycles. The molecular formula is C7H10S3. The molecule has 4 atom stereocenters. The van der Waals surface area contributed by atoms with Crippen LogP contribution >= 0.6 is 31.4 Å². The first-order chi connectivity index (χ1) is 4.95. The van der Waals surface area contributed by atoms with Gasteiger partial charge in [0, 0.05) is 10.5 Å². The van der Waals surface area contributed by atoms with Crippen LogP contribution in [-0.2, 0) is 0 Å². The van der Waals surface area contributed by atoms with Crippen LogP contribution in [0.3, 0.4) is 0 Å². The summed E-state index contributed by atoms with van der Waals surface area (Å²) in [7, 11) is 6.36. The highest BCUT2D eigenvalue weighted by atomic mass is 33.5. The van der Waals surface area contributed by atoms with Gasteiger partial charge in [-0.1, -0.05) is 21.6 Å². The molecule has 1 saturated heterocycles. The molecule has 3 aliphatic rings. The van der Waals surface area contributed by atoms with Gasteiger partial charge in [0.05, 0.1) is 0 Å². The maximum absolute atomic E-state index is 2.16. The van der Waals surface area contributed by atoms with Crippen molar-refractivity contribution in [2.45, 2.75) is 29.8 Å². The van der Waals surface area contributed by atoms with Crippen molar-refractivity contribution in [2.75, 3.05) is 0 Å². The van der Waals surface area contributed by atoms with Crippen LogP contribution in [0.25, 0.3) is 0 Å². The summed E-state index contributed by atoms with van der Waals surface area (Å²) >= 11 is 0. The number of fused-ring (bicyclic) bond motifs is 5. The van der Waals surface area contributed by atoms with Crippen LogP contribution in [-0.4, -0.2) is 10.5 Å². The van der Waals surface area contributed by atoms with Gasteiger partial charge in [0.1, 0.15) is 0 Å². The van der Waals surface area contributed by atoms with Gasteiger partial charge in [-0.15, -0.1) is 0 Å². The lowest BCUT2D eigenvalue weighted by Gasteiger charge is -2.20. The molecule has 3 fully saturated rings. The van der Waals surface area contributed by atoms with Crippen molar-refractivity contribution in [3.8, 4) is 0 Å². The molecule has 2 saturated carbocycles. The zero-order valence-electron chi connectivity index (χ0n) is 5.66. The van der Waals surface area contributed by atoms with Crippen molar-refractivity contribution >= 4 is 31.4 Å². The molecule has 1 heterocycles. The lowest BCUT2D eigenvalue weighted by molar-refractivity contribution is 0.508. The first kappa shape index (κ1) is 6.55. The van der Waals surface area contributed by atoms with Gasteiger partial charge in [-0.05, 0) is 40.9 Å². The highest BCUT2D eigenvalue weighted by Crippen LogP contribution is 2.65. The summed E-state index contributed by atoms with van der Waals surface area (Å²) in [5.74, 6) is 2.23. The lowest BCUT2D eigenvalue weighted by atomic mass is 10.00. The molecule has 3 heteroatoms. The van der Waals surface area contributed by atoms with Gasteiger partial charge in [0.15, 0.2) is 0 Å². The van der Waals surface area contributed by atoms with Crippen molar-refractivity contribution in [2.24, 2.45) is 11.8 Å². The van der Waals surface area contributed by atoms with Gasteiger partial charge < -0.3 is 0 Å². The Kier molecular flexibility index (Phi) is 1.49. The quantitative estimate of drug-likeness (QED) is 0.538. The average Bonchev–Trinajstić information content (AvgIpc) is 2.60. The minimum Gasteiger partial charge on any atom is -0.0776 e. The SMILES string of the molecule is C1C[C@@H]2C[C@H]1[C@H]1SSS[C@@H]21. The van der Waals surface area contributed by atoms with Crippen LogP contribution in [0.2, 0.25) is 0 Å². The molecule has 0 amide bonds. The second kappa shape index (κ2) is 2.27. The van der Waals surface area contributed by atoms with Crippen molar-refractivity contribution < 1.29 is 0 Å². The third-order valence-corrected chi connectivity index (χ3v) is 8.42. The molecule has 0 aromatic rings. The lowest BCUT2D eigenvalue weighted by Crippen LogP contribution is -2.22. The Morgan fingerprint density at radius 3 is 2.10 bits per heavy atom. The van der Waals surface area contributed by atoms with E-state index >= 15 is 0 Å². The molecule has 0 spiro atoms. The predicted molar refractivity (Wildman–Crippen MR) is 51.2 cm³/mol. The summed E-state index contributed by atoms with van der Waals surface area (Å²) in [6, 6.07) is 0. The fourth-order valence-corrected chi connectivity index (χ4v) is 9.40. The molecule has 56 valence electrons. The highest BCUT2D eigenvalue weighted by Gasteiger charge is 2.51. The monoisotopic (exact) mass is 190 g/mol. The van der Waals surface area contributed by atoms with Gasteiger partial charge in [0.2, 0.25) is 0 Å². The Hall–Kier alpha value is 1.05. The molecule has 10 heavy (non-hydrogen) atoms. The van der Waals surface area contributed by atoms with E-state index < -0.39 is 0 Å². The van der Waals surface area contributed by atoms with Gasteiger partial charge in [-0.2, -0.15) is 0 Å². The first-order valence-electron chi connectivity index (χ1n) is 3.94. The van der Waals surface area contributed by atoms with Crippen LogP contribution in [0.1, 0.15) is 19.3 Å². The van der Waals surface area contributed by atoms with E-state index in [1.165, 1.54) is 0 Å². The van der Waals surface area contributed by atoms with Gasteiger partial charge in [-0.3, -0.25) is 0 Å². The van der Waals surface area contributed by atoms with E-state index in [0.717, 1.165) is 22.3 Å². The predicted octanol–water partition coefficient (Wildman–Crippen LogP) is 3.20. The topological polar surface area (TPSA) is 0 Å². The molecule has 2 aliphatic carbocycles. The summed E-state index contributed by atoms with van der Waals surface area (Å²) in [5, 5.41) is 2.10. The Balaban J connectivity index is 1.92. The van der Waals surface area contributed by atoms with Crippen LogP contribution in [0, 0.1) is 11.8 Å². The first-order valence-corrected chi connectivity index (χ1v) is 7.55. The second-order valence-corrected chi connectivity index (χ2v) is 7.92. The molecule has 3 rings (SSSR count). The second-order valence-electron chi connectivity index (χ2n) is 3.52. The molecule has 0 unspecified atom stereocenters. The van der Waals surface area contributed by atoms with Crippen LogP contribution in [0.5, 0.6) is 0 Å². The Bertz CT molecular complexity index is 143. The van der Waals surface area contributed by atoms with E-state index in [2.05, 4.69) is 21.6 Å². The molecular weight excluding hydrogens is 180 g/mol. The van der Waals surface area contributed by atoms with Gasteiger partial charge in [0.25, 0.3) is 0 Å².